The van der Waals surface area contributed by atoms with Gasteiger partial charge in [-0.05, 0) is 78.6 Å². The molecule has 3 aromatic rings. The summed E-state index contributed by atoms with van der Waals surface area (Å²) in [6, 6.07) is 4.34. The van der Waals surface area contributed by atoms with E-state index < -0.39 is 122 Å². The molecule has 5 rings (SSSR count). The molecular weight excluding hydrogens is 828 g/mol. The highest BCUT2D eigenvalue weighted by Gasteiger charge is 2.49. The third kappa shape index (κ3) is 10.2. The van der Waals surface area contributed by atoms with E-state index in [0.29, 0.717) is 0 Å². The molecule has 2 aliphatic heterocycles. The summed E-state index contributed by atoms with van der Waals surface area (Å²) >= 11 is 0. The Morgan fingerprint density at radius 1 is 0.524 bits per heavy atom. The van der Waals surface area contributed by atoms with Gasteiger partial charge >= 0.3 is 47.8 Å². The molecule has 2 aliphatic rings. The van der Waals surface area contributed by atoms with Gasteiger partial charge in [0.2, 0.25) is 0 Å². The minimum atomic E-state index is -1.50. The number of aryl methyl sites for hydroxylation is 3. The Hall–Kier alpha value is -7.12. The summed E-state index contributed by atoms with van der Waals surface area (Å²) in [5.74, 6) is -12.0. The van der Waals surface area contributed by atoms with Crippen LogP contribution in [0.25, 0.3) is 22.1 Å². The van der Waals surface area contributed by atoms with Gasteiger partial charge in [0.25, 0.3) is 0 Å². The second-order valence-corrected chi connectivity index (χ2v) is 16.5. The van der Waals surface area contributed by atoms with Gasteiger partial charge < -0.3 is 50.8 Å². The zero-order valence-corrected chi connectivity index (χ0v) is 34.6. The third-order valence-electron chi connectivity index (χ3n) is 12.2. The fourth-order valence-electron chi connectivity index (χ4n) is 9.36. The van der Waals surface area contributed by atoms with Crippen molar-refractivity contribution in [3.63, 3.8) is 0 Å². The van der Waals surface area contributed by atoms with Crippen LogP contribution in [-0.4, -0.2) is 109 Å². The molecule has 0 aliphatic carbocycles. The van der Waals surface area contributed by atoms with Crippen LogP contribution in [0.5, 0.6) is 0 Å². The monoisotopic (exact) mass is 876 g/mol. The van der Waals surface area contributed by atoms with Crippen LogP contribution in [0.2, 0.25) is 0 Å². The summed E-state index contributed by atoms with van der Waals surface area (Å²) in [6.07, 6.45) is -5.18. The maximum Gasteiger partial charge on any atom is 0.307 e. The topological polar surface area (TPSA) is 356 Å². The van der Waals surface area contributed by atoms with Crippen LogP contribution in [0, 0.1) is 6.92 Å². The van der Waals surface area contributed by atoms with Crippen molar-refractivity contribution >= 4 is 69.8 Å². The highest BCUT2D eigenvalue weighted by atomic mass is 16.4. The van der Waals surface area contributed by atoms with Gasteiger partial charge in [-0.2, -0.15) is 0 Å². The molecule has 0 amide bonds. The number of carboxylic acid groups (broad SMARTS) is 8. The van der Waals surface area contributed by atoms with Gasteiger partial charge in [-0.1, -0.05) is 13.8 Å². The molecule has 4 unspecified atom stereocenters. The SMILES string of the molecule is Cc1c2nc(cc3nc(cc4[nH]c(cc5[nH]c1c(CC(=O)O)c5CCC(=O)O)c(CCC(=O)O)c4CC(=O)O)C(CCC(=O)O)C3(C)CC(=O)O)C(CCC(=O)O)C2(C)CC(=O)O. The molecule has 3 aromatic heterocycles. The molecule has 336 valence electrons. The maximum atomic E-state index is 12.7. The molecule has 0 saturated carbocycles. The number of aromatic amines is 2. The van der Waals surface area contributed by atoms with Crippen LogP contribution in [0.15, 0.2) is 18.2 Å². The van der Waals surface area contributed by atoms with Crippen LogP contribution in [-0.2, 0) is 74.9 Å². The number of rotatable bonds is 20. The van der Waals surface area contributed by atoms with Gasteiger partial charge in [0.05, 0.1) is 31.4 Å². The largest absolute Gasteiger partial charge is 0.481 e. The second kappa shape index (κ2) is 18.5. The van der Waals surface area contributed by atoms with E-state index in [1.807, 2.05) is 0 Å². The molecule has 0 saturated heterocycles. The Bertz CT molecular complexity index is 2590. The number of aliphatic carboxylic acids is 8. The van der Waals surface area contributed by atoms with Crippen LogP contribution in [0.1, 0.15) is 128 Å². The summed E-state index contributed by atoms with van der Waals surface area (Å²) in [5.41, 5.74) is -1.18. The van der Waals surface area contributed by atoms with E-state index in [1.165, 1.54) is 18.2 Å². The first-order valence-electron chi connectivity index (χ1n) is 20.0. The van der Waals surface area contributed by atoms with Crippen molar-refractivity contribution in [1.82, 2.24) is 19.9 Å². The Kier molecular flexibility index (Phi) is 13.8. The van der Waals surface area contributed by atoms with E-state index in [-0.39, 0.29) is 98.3 Å². The minimum Gasteiger partial charge on any atom is -0.481 e. The Balaban J connectivity index is 2.14. The lowest BCUT2D eigenvalue weighted by molar-refractivity contribution is -0.140. The van der Waals surface area contributed by atoms with Crippen LogP contribution < -0.4 is 0 Å². The highest BCUT2D eigenvalue weighted by molar-refractivity contribution is 5.87. The summed E-state index contributed by atoms with van der Waals surface area (Å²) in [5, 5.41) is 80.1. The van der Waals surface area contributed by atoms with Crippen molar-refractivity contribution < 1.29 is 79.2 Å². The fourth-order valence-corrected chi connectivity index (χ4v) is 9.36. The standard InChI is InChI=1S/C43H48N4O16/c1-19-40-23(13-37(58)59)21(5-9-33(50)51)27(46-40)14-26-20(4-8-32(48)49)22(12-36(56)57)28(44-26)15-29-24(6-10-34(52)53)42(2,17-38(60)61)31(45-29)16-30-25(7-11-35(54)55)43(3,18-39(62)63)41(19)47-30/h14-16,24-25,44,46H,4-13,17-18H2,1-3H3,(H,48,49)(H,50,51)(H,52,53)(H,54,55)(H,56,57)(H,58,59)(H,60,61)(H,62,63). The van der Waals surface area contributed by atoms with Crippen molar-refractivity contribution in [1.29, 1.82) is 0 Å². The lowest BCUT2D eigenvalue weighted by atomic mass is 9.68. The fraction of sp³-hybridized carbons (Fsp3) is 0.442. The van der Waals surface area contributed by atoms with Gasteiger partial charge in [0.15, 0.2) is 0 Å². The first-order chi connectivity index (χ1) is 29.4. The molecule has 0 fully saturated rings. The lowest BCUT2D eigenvalue weighted by Gasteiger charge is -2.32. The van der Waals surface area contributed by atoms with Gasteiger partial charge in [0, 0.05) is 87.5 Å². The third-order valence-corrected chi connectivity index (χ3v) is 12.2. The quantitative estimate of drug-likeness (QED) is 0.0736. The molecule has 0 radical (unpaired) electrons. The van der Waals surface area contributed by atoms with E-state index >= 15 is 0 Å². The lowest BCUT2D eigenvalue weighted by Crippen LogP contribution is -2.32. The Morgan fingerprint density at radius 3 is 1.48 bits per heavy atom. The summed E-state index contributed by atoms with van der Waals surface area (Å²) in [7, 11) is 0. The number of aromatic nitrogens is 4. The van der Waals surface area contributed by atoms with Crippen LogP contribution in [0.4, 0.5) is 0 Å². The molecule has 0 spiro atoms. The molecule has 4 atom stereocenters. The van der Waals surface area contributed by atoms with Gasteiger partial charge in [-0.15, -0.1) is 0 Å². The van der Waals surface area contributed by atoms with E-state index in [4.69, 9.17) is 9.97 Å². The van der Waals surface area contributed by atoms with E-state index in [9.17, 15) is 79.2 Å². The van der Waals surface area contributed by atoms with Crippen molar-refractivity contribution in [3.8, 4) is 0 Å². The zero-order valence-electron chi connectivity index (χ0n) is 34.6. The van der Waals surface area contributed by atoms with Crippen LogP contribution >= 0.6 is 0 Å². The molecule has 20 heteroatoms. The van der Waals surface area contributed by atoms with Crippen molar-refractivity contribution in [2.45, 2.75) is 120 Å². The van der Waals surface area contributed by atoms with E-state index in [0.717, 1.165) is 0 Å². The Labute approximate surface area is 357 Å². The van der Waals surface area contributed by atoms with Crippen LogP contribution in [0.3, 0.4) is 0 Å². The molecular formula is C43H48N4O16. The maximum absolute atomic E-state index is 12.7. The average Bonchev–Trinajstić information content (AvgIpc) is 3.80. The molecule has 8 bridgehead atoms. The number of H-pyrrole nitrogens is 2. The van der Waals surface area contributed by atoms with Gasteiger partial charge in [0.1, 0.15) is 0 Å². The normalized spacial score (nSPS) is 19.3. The highest BCUT2D eigenvalue weighted by Crippen LogP contribution is 2.52. The van der Waals surface area contributed by atoms with Gasteiger partial charge in [-0.3, -0.25) is 48.3 Å². The van der Waals surface area contributed by atoms with Crippen molar-refractivity contribution in [2.24, 2.45) is 0 Å². The number of nitrogens with zero attached hydrogens (tertiary/aromatic N) is 2. The molecule has 0 aromatic carbocycles. The number of nitrogens with one attached hydrogen (secondary N) is 2. The van der Waals surface area contributed by atoms with E-state index in [2.05, 4.69) is 9.97 Å². The number of carbonyl (C=O) groups is 8. The second-order valence-electron chi connectivity index (χ2n) is 16.5. The zero-order chi connectivity index (χ0) is 46.7. The van der Waals surface area contributed by atoms with Crippen molar-refractivity contribution in [3.05, 3.63) is 68.8 Å². The minimum absolute atomic E-state index is 0.0724. The number of fused-ring (bicyclic) bond motifs is 8. The molecule has 63 heavy (non-hydrogen) atoms. The van der Waals surface area contributed by atoms with Gasteiger partial charge in [-0.25, -0.2) is 0 Å². The summed E-state index contributed by atoms with van der Waals surface area (Å²) in [6.45, 7) is 4.66. The molecule has 20 nitrogen and oxygen atoms in total. The first kappa shape index (κ1) is 46.9. The van der Waals surface area contributed by atoms with Crippen molar-refractivity contribution in [2.75, 3.05) is 0 Å². The summed E-state index contributed by atoms with van der Waals surface area (Å²) in [4.78, 5) is 114. The number of hydrogen-bond acceptors (Lipinski definition) is 10. The Morgan fingerprint density at radius 2 is 0.968 bits per heavy atom. The van der Waals surface area contributed by atoms with E-state index in [1.54, 1.807) is 20.8 Å². The number of carboxylic acids is 8. The average molecular weight is 877 g/mol. The predicted octanol–water partition coefficient (Wildman–Crippen LogP) is 4.67. The number of hydrogen-bond donors (Lipinski definition) is 10. The molecule has 5 heterocycles. The predicted molar refractivity (Wildman–Crippen MR) is 219 cm³/mol. The smallest absolute Gasteiger partial charge is 0.307 e. The molecule has 10 N–H and O–H groups in total. The first-order valence-corrected chi connectivity index (χ1v) is 20.0. The summed E-state index contributed by atoms with van der Waals surface area (Å²) < 4.78 is 0.